The lowest BCUT2D eigenvalue weighted by molar-refractivity contribution is 0.0943. The van der Waals surface area contributed by atoms with Gasteiger partial charge in [-0.05, 0) is 43.7 Å². The van der Waals surface area contributed by atoms with Crippen molar-refractivity contribution in [3.8, 4) is 23.0 Å². The zero-order chi connectivity index (χ0) is 27.1. The molecule has 2 aromatic carbocycles. The van der Waals surface area contributed by atoms with E-state index in [1.807, 2.05) is 51.4 Å². The normalized spacial score (nSPS) is 11.9. The molecule has 1 atom stereocenters. The van der Waals surface area contributed by atoms with Crippen LogP contribution in [-0.4, -0.2) is 30.3 Å². The van der Waals surface area contributed by atoms with Gasteiger partial charge in [0.15, 0.2) is 11.5 Å². The van der Waals surface area contributed by atoms with Crippen molar-refractivity contribution in [1.29, 1.82) is 0 Å². The maximum atomic E-state index is 13.4. The number of nitrogens with zero attached hydrogens (tertiary/aromatic N) is 5. The number of aromatic nitrogens is 5. The van der Waals surface area contributed by atoms with Crippen molar-refractivity contribution in [3.63, 3.8) is 0 Å². The summed E-state index contributed by atoms with van der Waals surface area (Å²) in [4.78, 5) is 18.7. The van der Waals surface area contributed by atoms with E-state index in [0.717, 1.165) is 42.9 Å². The van der Waals surface area contributed by atoms with Crippen LogP contribution in [0.1, 0.15) is 45.0 Å². The summed E-state index contributed by atoms with van der Waals surface area (Å²) in [6, 6.07) is 17.9. The third-order valence-corrected chi connectivity index (χ3v) is 7.88. The number of anilines is 1. The maximum Gasteiger partial charge on any atom is 0.259 e. The average Bonchev–Trinajstić information content (AvgIpc) is 3.58. The van der Waals surface area contributed by atoms with E-state index < -0.39 is 0 Å². The summed E-state index contributed by atoms with van der Waals surface area (Å²) in [5.74, 6) is 6.38. The van der Waals surface area contributed by atoms with Crippen LogP contribution in [0.3, 0.4) is 0 Å². The molecule has 9 heteroatoms. The highest BCUT2D eigenvalue weighted by atomic mass is 32.1. The molecule has 0 bridgehead atoms. The Morgan fingerprint density at radius 2 is 1.92 bits per heavy atom. The molecule has 6 aromatic rings. The lowest BCUT2D eigenvalue weighted by Crippen LogP contribution is -2.27. The minimum absolute atomic E-state index is 0.144. The second-order valence-corrected chi connectivity index (χ2v) is 10.4. The van der Waals surface area contributed by atoms with Crippen LogP contribution in [0.5, 0.6) is 0 Å². The standard InChI is InChI=1S/C30H25N7OS/c1-18-22(17-36(3)34-18)12-10-20-11-13-24-23(16-20)25(21-8-5-4-6-9-21)27(39-24)19(2)33-30(38)26-28(31)35-37-15-7-14-32-29(26)37/h4-9,11,13-17,19H,1-3H3,(H2,31,35)(H,33,38)/t19-/m0/s1. The van der Waals surface area contributed by atoms with Crippen molar-refractivity contribution < 1.29 is 4.79 Å². The minimum atomic E-state index is -0.316. The number of hydrogen-bond acceptors (Lipinski definition) is 6. The van der Waals surface area contributed by atoms with Gasteiger partial charge in [0.25, 0.3) is 5.91 Å². The lowest BCUT2D eigenvalue weighted by Gasteiger charge is -2.15. The first-order chi connectivity index (χ1) is 18.9. The van der Waals surface area contributed by atoms with E-state index in [-0.39, 0.29) is 23.3 Å². The van der Waals surface area contributed by atoms with Gasteiger partial charge in [0.2, 0.25) is 0 Å². The Kier molecular flexibility index (Phi) is 6.09. The zero-order valence-corrected chi connectivity index (χ0v) is 22.5. The van der Waals surface area contributed by atoms with Crippen LogP contribution in [0.4, 0.5) is 5.82 Å². The fourth-order valence-electron chi connectivity index (χ4n) is 4.72. The Morgan fingerprint density at radius 3 is 2.69 bits per heavy atom. The number of rotatable bonds is 4. The van der Waals surface area contributed by atoms with Gasteiger partial charge in [-0.25, -0.2) is 9.50 Å². The smallest absolute Gasteiger partial charge is 0.259 e. The van der Waals surface area contributed by atoms with Crippen molar-refractivity contribution in [2.45, 2.75) is 19.9 Å². The summed E-state index contributed by atoms with van der Waals surface area (Å²) >= 11 is 1.66. The highest BCUT2D eigenvalue weighted by Gasteiger charge is 2.24. The van der Waals surface area contributed by atoms with Crippen LogP contribution < -0.4 is 11.1 Å². The first kappa shape index (κ1) is 24.4. The van der Waals surface area contributed by atoms with Crippen LogP contribution in [0.15, 0.2) is 73.2 Å². The second-order valence-electron chi connectivity index (χ2n) is 9.31. The number of fused-ring (bicyclic) bond motifs is 2. The molecule has 0 spiro atoms. The van der Waals surface area contributed by atoms with Crippen molar-refractivity contribution in [2.24, 2.45) is 7.05 Å². The number of nitrogen functional groups attached to an aromatic ring is 1. The molecule has 0 aliphatic heterocycles. The van der Waals surface area contributed by atoms with Crippen LogP contribution >= 0.6 is 11.3 Å². The van der Waals surface area contributed by atoms with Crippen LogP contribution in [0.25, 0.3) is 26.9 Å². The van der Waals surface area contributed by atoms with Gasteiger partial charge in [0.1, 0.15) is 5.56 Å². The molecule has 4 aromatic heterocycles. The van der Waals surface area contributed by atoms with E-state index >= 15 is 0 Å². The maximum absolute atomic E-state index is 13.4. The van der Waals surface area contributed by atoms with Gasteiger partial charge >= 0.3 is 0 Å². The molecule has 192 valence electrons. The van der Waals surface area contributed by atoms with Crippen LogP contribution in [0, 0.1) is 18.8 Å². The third-order valence-electron chi connectivity index (χ3n) is 6.52. The molecule has 39 heavy (non-hydrogen) atoms. The number of carbonyl (C=O) groups excluding carboxylic acids is 1. The van der Waals surface area contributed by atoms with E-state index in [9.17, 15) is 4.79 Å². The summed E-state index contributed by atoms with van der Waals surface area (Å²) < 4.78 is 4.40. The molecular formula is C30H25N7OS. The molecule has 0 saturated carbocycles. The molecule has 4 heterocycles. The van der Waals surface area contributed by atoms with E-state index in [0.29, 0.717) is 5.65 Å². The summed E-state index contributed by atoms with van der Waals surface area (Å²) in [5.41, 5.74) is 11.7. The van der Waals surface area contributed by atoms with Gasteiger partial charge in [0, 0.05) is 51.7 Å². The van der Waals surface area contributed by atoms with Gasteiger partial charge in [-0.15, -0.1) is 16.4 Å². The van der Waals surface area contributed by atoms with Crippen molar-refractivity contribution in [2.75, 3.05) is 5.73 Å². The number of amides is 1. The number of aryl methyl sites for hydroxylation is 2. The Balaban J connectivity index is 1.41. The summed E-state index contributed by atoms with van der Waals surface area (Å²) in [7, 11) is 1.89. The predicted molar refractivity (Wildman–Crippen MR) is 154 cm³/mol. The predicted octanol–water partition coefficient (Wildman–Crippen LogP) is 5.13. The summed E-state index contributed by atoms with van der Waals surface area (Å²) in [6.45, 7) is 3.94. The van der Waals surface area contributed by atoms with Gasteiger partial charge in [0.05, 0.1) is 17.3 Å². The number of hydrogen-bond donors (Lipinski definition) is 2. The van der Waals surface area contributed by atoms with Crippen molar-refractivity contribution in [1.82, 2.24) is 29.7 Å². The molecule has 8 nitrogen and oxygen atoms in total. The number of carbonyl (C=O) groups is 1. The molecular weight excluding hydrogens is 506 g/mol. The fraction of sp³-hybridized carbons (Fsp3) is 0.133. The van der Waals surface area contributed by atoms with Crippen molar-refractivity contribution >= 4 is 38.8 Å². The average molecular weight is 532 g/mol. The van der Waals surface area contributed by atoms with E-state index in [1.54, 1.807) is 34.5 Å². The molecule has 1 amide bonds. The Labute approximate surface area is 229 Å². The molecule has 0 radical (unpaired) electrons. The summed E-state index contributed by atoms with van der Waals surface area (Å²) in [5, 5.41) is 12.8. The monoisotopic (exact) mass is 531 g/mol. The highest BCUT2D eigenvalue weighted by Crippen LogP contribution is 2.42. The largest absolute Gasteiger partial charge is 0.381 e. The Morgan fingerprint density at radius 1 is 1.10 bits per heavy atom. The van der Waals surface area contributed by atoms with Crippen molar-refractivity contribution in [3.05, 3.63) is 100 Å². The molecule has 0 unspecified atom stereocenters. The third kappa shape index (κ3) is 4.51. The van der Waals surface area contributed by atoms with E-state index in [1.165, 1.54) is 4.52 Å². The molecule has 0 fully saturated rings. The van der Waals surface area contributed by atoms with Gasteiger partial charge < -0.3 is 11.1 Å². The van der Waals surface area contributed by atoms with E-state index in [2.05, 4.69) is 56.6 Å². The Bertz CT molecular complexity index is 1920. The fourth-order valence-corrected chi connectivity index (χ4v) is 5.93. The SMILES string of the molecule is Cc1nn(C)cc1C#Cc1ccc2sc([C@H](C)NC(=O)c3c(N)nn4cccnc34)c(-c3ccccc3)c2c1. The summed E-state index contributed by atoms with van der Waals surface area (Å²) in [6.07, 6.45) is 5.26. The number of nitrogens with one attached hydrogen (secondary N) is 1. The lowest BCUT2D eigenvalue weighted by atomic mass is 9.98. The molecule has 0 aliphatic rings. The van der Waals surface area contributed by atoms with Crippen LogP contribution in [0.2, 0.25) is 0 Å². The van der Waals surface area contributed by atoms with Gasteiger partial charge in [-0.1, -0.05) is 42.2 Å². The van der Waals surface area contributed by atoms with Gasteiger partial charge in [-0.3, -0.25) is 9.48 Å². The molecule has 3 N–H and O–H groups in total. The first-order valence-corrected chi connectivity index (χ1v) is 13.2. The number of thiophene rings is 1. The quantitative estimate of drug-likeness (QED) is 0.307. The Hall–Kier alpha value is -4.94. The highest BCUT2D eigenvalue weighted by molar-refractivity contribution is 7.19. The number of nitrogens with two attached hydrogens (primary N) is 1. The van der Waals surface area contributed by atoms with E-state index in [4.69, 9.17) is 5.73 Å². The topological polar surface area (TPSA) is 103 Å². The molecule has 0 aliphatic carbocycles. The van der Waals surface area contributed by atoms with Gasteiger partial charge in [-0.2, -0.15) is 5.10 Å². The van der Waals surface area contributed by atoms with Crippen LogP contribution in [-0.2, 0) is 7.05 Å². The number of benzene rings is 2. The second kappa shape index (κ2) is 9.74. The minimum Gasteiger partial charge on any atom is -0.381 e. The molecule has 0 saturated heterocycles. The first-order valence-electron chi connectivity index (χ1n) is 12.4. The zero-order valence-electron chi connectivity index (χ0n) is 21.6. The molecule has 6 rings (SSSR count).